The maximum Gasteiger partial charge on any atom is 0.354 e. The number of thioether (sulfide) groups is 1. The average molecular weight is 458 g/mol. The highest BCUT2D eigenvalue weighted by molar-refractivity contribution is 8.00. The van der Waals surface area contributed by atoms with Crippen molar-refractivity contribution in [2.75, 3.05) is 6.61 Å². The summed E-state index contributed by atoms with van der Waals surface area (Å²) in [6.07, 6.45) is 3.66. The van der Waals surface area contributed by atoms with Gasteiger partial charge in [0, 0.05) is 5.25 Å². The number of alkyl halides is 3. The number of nitrogens with zero attached hydrogens (tertiary/aromatic N) is 1. The number of β-lactam (4-membered cyclic amide) rings is 1. The van der Waals surface area contributed by atoms with E-state index in [0.29, 0.717) is 5.92 Å². The number of ether oxygens (including phenoxy) is 1. The van der Waals surface area contributed by atoms with Gasteiger partial charge in [0.05, 0.1) is 6.10 Å². The Bertz CT molecular complexity index is 679. The molecule has 2 heterocycles. The number of rotatable bonds is 6. The lowest BCUT2D eigenvalue weighted by Gasteiger charge is -2.48. The minimum absolute atomic E-state index is 0.0572. The zero-order chi connectivity index (χ0) is 19.9. The van der Waals surface area contributed by atoms with Crippen molar-refractivity contribution >= 4 is 64.3 Å². The van der Waals surface area contributed by atoms with E-state index >= 15 is 0 Å². The average Bonchev–Trinajstić information content (AvgIpc) is 3.41. The minimum atomic E-state index is -1.75. The smallest absolute Gasteiger partial charge is 0.354 e. The van der Waals surface area contributed by atoms with Gasteiger partial charge in [-0.1, -0.05) is 34.8 Å². The number of hydroxylamine groups is 1. The molecule has 2 fully saturated rings. The lowest BCUT2D eigenvalue weighted by molar-refractivity contribution is -0.164. The van der Waals surface area contributed by atoms with E-state index in [9.17, 15) is 14.4 Å². The molecule has 3 aliphatic rings. The Morgan fingerprint density at radius 1 is 1.41 bits per heavy atom. The van der Waals surface area contributed by atoms with Crippen LogP contribution in [0.5, 0.6) is 0 Å². The van der Waals surface area contributed by atoms with Gasteiger partial charge in [0.2, 0.25) is 9.70 Å². The van der Waals surface area contributed by atoms with E-state index in [-0.39, 0.29) is 17.1 Å². The first kappa shape index (κ1) is 21.0. The van der Waals surface area contributed by atoms with Crippen LogP contribution < -0.4 is 5.48 Å². The van der Waals surface area contributed by atoms with Crippen LogP contribution in [-0.2, 0) is 24.0 Å². The fraction of sp³-hybridized carbons (Fsp3) is 0.688. The summed E-state index contributed by atoms with van der Waals surface area (Å²) in [4.78, 5) is 43.8. The number of carbonyl (C=O) groups excluding carboxylic acids is 3. The van der Waals surface area contributed by atoms with Gasteiger partial charge >= 0.3 is 5.97 Å². The molecule has 0 bridgehead atoms. The number of carbonyl (C=O) groups is 3. The van der Waals surface area contributed by atoms with Gasteiger partial charge < -0.3 is 4.74 Å². The molecular weight excluding hydrogens is 439 g/mol. The number of halogens is 3. The zero-order valence-corrected chi connectivity index (χ0v) is 17.7. The van der Waals surface area contributed by atoms with Gasteiger partial charge in [-0.25, -0.2) is 10.3 Å². The summed E-state index contributed by atoms with van der Waals surface area (Å²) >= 11 is 18.2. The second-order valence-electron chi connectivity index (χ2n) is 6.79. The fourth-order valence-electron chi connectivity index (χ4n) is 2.93. The second kappa shape index (κ2) is 7.99. The summed E-state index contributed by atoms with van der Waals surface area (Å²) in [6, 6.07) is 0. The highest BCUT2D eigenvalue weighted by Gasteiger charge is 2.57. The molecule has 0 aromatic carbocycles. The van der Waals surface area contributed by atoms with E-state index in [2.05, 4.69) is 5.48 Å². The van der Waals surface area contributed by atoms with Gasteiger partial charge in [-0.3, -0.25) is 19.3 Å². The van der Waals surface area contributed by atoms with Crippen molar-refractivity contribution < 1.29 is 24.0 Å². The fourth-order valence-corrected chi connectivity index (χ4v) is 4.47. The number of nitrogens with one attached hydrogen (secondary N) is 1. The van der Waals surface area contributed by atoms with Crippen molar-refractivity contribution in [2.24, 2.45) is 11.8 Å². The molecule has 2 amide bonds. The highest BCUT2D eigenvalue weighted by Crippen LogP contribution is 2.44. The molecule has 3 rings (SSSR count). The quantitative estimate of drug-likeness (QED) is 0.217. The normalized spacial score (nSPS) is 28.6. The highest BCUT2D eigenvalue weighted by atomic mass is 35.6. The van der Waals surface area contributed by atoms with Crippen molar-refractivity contribution in [3.8, 4) is 0 Å². The zero-order valence-electron chi connectivity index (χ0n) is 14.6. The van der Waals surface area contributed by atoms with Gasteiger partial charge in [0.15, 0.2) is 0 Å². The maximum absolute atomic E-state index is 12.5. The summed E-state index contributed by atoms with van der Waals surface area (Å²) in [5, 5.41) is -0.607. The first-order valence-electron chi connectivity index (χ1n) is 8.48. The third kappa shape index (κ3) is 4.85. The summed E-state index contributed by atoms with van der Waals surface area (Å²) in [5.41, 5.74) is 2.44. The van der Waals surface area contributed by atoms with Crippen molar-refractivity contribution in [3.05, 3.63) is 11.8 Å². The number of esters is 1. The molecule has 27 heavy (non-hydrogen) atoms. The van der Waals surface area contributed by atoms with E-state index < -0.39 is 39.5 Å². The van der Waals surface area contributed by atoms with Gasteiger partial charge in [0.25, 0.3) is 5.91 Å². The summed E-state index contributed by atoms with van der Waals surface area (Å²) in [7, 11) is 0. The molecule has 4 unspecified atom stereocenters. The maximum atomic E-state index is 12.5. The third-order valence-electron chi connectivity index (χ3n) is 4.54. The Morgan fingerprint density at radius 2 is 2.07 bits per heavy atom. The minimum Gasteiger partial charge on any atom is -0.456 e. The van der Waals surface area contributed by atoms with Gasteiger partial charge in [-0.2, -0.15) is 0 Å². The summed E-state index contributed by atoms with van der Waals surface area (Å²) in [6.45, 7) is 3.29. The lowest BCUT2D eigenvalue weighted by atomic mass is 9.95. The molecule has 2 aliphatic heterocycles. The van der Waals surface area contributed by atoms with E-state index in [1.807, 2.05) is 13.8 Å². The van der Waals surface area contributed by atoms with Crippen LogP contribution in [0.25, 0.3) is 0 Å². The van der Waals surface area contributed by atoms with E-state index in [1.54, 1.807) is 6.08 Å². The summed E-state index contributed by atoms with van der Waals surface area (Å²) in [5.74, 6) is -2.25. The summed E-state index contributed by atoms with van der Waals surface area (Å²) < 4.78 is 3.22. The van der Waals surface area contributed by atoms with Crippen molar-refractivity contribution in [1.29, 1.82) is 0 Å². The first-order chi connectivity index (χ1) is 12.6. The molecule has 11 heteroatoms. The molecule has 7 nitrogen and oxygen atoms in total. The van der Waals surface area contributed by atoms with Gasteiger partial charge in [0.1, 0.15) is 23.6 Å². The van der Waals surface area contributed by atoms with Gasteiger partial charge in [-0.05, 0) is 38.7 Å². The molecule has 0 aromatic rings. The predicted molar refractivity (Wildman–Crippen MR) is 102 cm³/mol. The molecule has 1 N–H and O–H groups in total. The Hall–Kier alpha value is -0.670. The molecule has 1 saturated heterocycles. The van der Waals surface area contributed by atoms with Gasteiger partial charge in [-0.15, -0.1) is 11.8 Å². The lowest BCUT2D eigenvalue weighted by Crippen LogP contribution is -2.65. The molecule has 150 valence electrons. The van der Waals surface area contributed by atoms with Crippen LogP contribution in [0.1, 0.15) is 26.7 Å². The molecular formula is C16H19Cl3N2O5S. The SMILES string of the molecule is CC1C=C(C(=O)OCC(Cl)(Cl)Cl)N2C(=O)C(C(=O)NOC(C)C3CC3)C2S1. The molecule has 1 saturated carbocycles. The molecule has 0 aromatic heterocycles. The van der Waals surface area contributed by atoms with Crippen LogP contribution in [0.2, 0.25) is 0 Å². The molecule has 1 aliphatic carbocycles. The molecule has 0 spiro atoms. The van der Waals surface area contributed by atoms with Crippen LogP contribution in [0.3, 0.4) is 0 Å². The van der Waals surface area contributed by atoms with E-state index in [1.165, 1.54) is 16.7 Å². The van der Waals surface area contributed by atoms with E-state index in [4.69, 9.17) is 44.4 Å². The predicted octanol–water partition coefficient (Wildman–Crippen LogP) is 2.55. The Morgan fingerprint density at radius 3 is 2.67 bits per heavy atom. The van der Waals surface area contributed by atoms with Crippen LogP contribution in [0.4, 0.5) is 0 Å². The number of fused-ring (bicyclic) bond motifs is 1. The topological polar surface area (TPSA) is 84.9 Å². The van der Waals surface area contributed by atoms with Crippen LogP contribution in [-0.4, -0.2) is 49.8 Å². The molecule has 4 atom stereocenters. The Labute approximate surface area is 176 Å². The Balaban J connectivity index is 1.62. The van der Waals surface area contributed by atoms with Crippen LogP contribution in [0.15, 0.2) is 11.8 Å². The Kier molecular flexibility index (Phi) is 6.23. The van der Waals surface area contributed by atoms with Crippen molar-refractivity contribution in [3.63, 3.8) is 0 Å². The number of amides is 2. The van der Waals surface area contributed by atoms with Crippen molar-refractivity contribution in [1.82, 2.24) is 10.4 Å². The van der Waals surface area contributed by atoms with Crippen molar-refractivity contribution in [2.45, 2.75) is 47.2 Å². The van der Waals surface area contributed by atoms with E-state index in [0.717, 1.165) is 12.8 Å². The first-order valence-corrected chi connectivity index (χ1v) is 10.6. The monoisotopic (exact) mass is 456 g/mol. The van der Waals surface area contributed by atoms with Crippen LogP contribution >= 0.6 is 46.6 Å². The van der Waals surface area contributed by atoms with Crippen LogP contribution in [0, 0.1) is 11.8 Å². The standard InChI is InChI=1S/C16H19Cl3N2O5S/c1-7-5-10(15(24)25-6-16(17,18)19)21-13(23)11(14(21)27-7)12(22)20-26-8(2)9-3-4-9/h5,7-9,11,14H,3-4,6H2,1-2H3,(H,20,22). The third-order valence-corrected chi connectivity index (χ3v) is 6.19. The molecule has 0 radical (unpaired) electrons. The second-order valence-corrected chi connectivity index (χ2v) is 10.8. The number of hydrogen-bond donors (Lipinski definition) is 1. The largest absolute Gasteiger partial charge is 0.456 e. The number of hydrogen-bond acceptors (Lipinski definition) is 6.